The summed E-state index contributed by atoms with van der Waals surface area (Å²) in [5.74, 6) is -1.13. The fourth-order valence-electron chi connectivity index (χ4n) is 2.94. The van der Waals surface area contributed by atoms with Gasteiger partial charge in [-0.3, -0.25) is 4.79 Å². The van der Waals surface area contributed by atoms with Gasteiger partial charge in [0.15, 0.2) is 22.9 Å². The topological polar surface area (TPSA) is 77.8 Å². The SMILES string of the molecule is Cc1cc2c(c(O)c1O)C(C)CC(=O)C2(O)C(C)C. The van der Waals surface area contributed by atoms with Gasteiger partial charge < -0.3 is 15.3 Å². The lowest BCUT2D eigenvalue weighted by molar-refractivity contribution is -0.145. The molecule has 0 fully saturated rings. The Kier molecular flexibility index (Phi) is 3.09. The van der Waals surface area contributed by atoms with E-state index in [-0.39, 0.29) is 35.5 Å². The molecule has 0 amide bonds. The predicted octanol–water partition coefficient (Wildman–Crippen LogP) is 2.33. The Morgan fingerprint density at radius 3 is 2.42 bits per heavy atom. The summed E-state index contributed by atoms with van der Waals surface area (Å²) in [5, 5.41) is 30.7. The number of aromatic hydroxyl groups is 2. The molecule has 4 nitrogen and oxygen atoms in total. The lowest BCUT2D eigenvalue weighted by Crippen LogP contribution is -2.45. The summed E-state index contributed by atoms with van der Waals surface area (Å²) in [6.45, 7) is 7.00. The Labute approximate surface area is 112 Å². The van der Waals surface area contributed by atoms with Crippen LogP contribution in [-0.2, 0) is 10.4 Å². The number of benzene rings is 1. The minimum atomic E-state index is -1.59. The van der Waals surface area contributed by atoms with E-state index in [1.54, 1.807) is 26.8 Å². The van der Waals surface area contributed by atoms with Crippen LogP contribution < -0.4 is 0 Å². The molecule has 0 bridgehead atoms. The van der Waals surface area contributed by atoms with E-state index < -0.39 is 5.60 Å². The Hall–Kier alpha value is -1.55. The third-order valence-corrected chi connectivity index (χ3v) is 4.16. The Morgan fingerprint density at radius 2 is 1.89 bits per heavy atom. The number of hydrogen-bond donors (Lipinski definition) is 3. The van der Waals surface area contributed by atoms with E-state index in [9.17, 15) is 20.1 Å². The highest BCUT2D eigenvalue weighted by Gasteiger charge is 2.48. The number of aryl methyl sites for hydroxylation is 1. The first-order chi connectivity index (χ1) is 8.71. The third-order valence-electron chi connectivity index (χ3n) is 4.16. The van der Waals surface area contributed by atoms with Crippen LogP contribution >= 0.6 is 0 Å². The van der Waals surface area contributed by atoms with Crippen molar-refractivity contribution in [3.8, 4) is 11.5 Å². The van der Waals surface area contributed by atoms with Gasteiger partial charge in [-0.05, 0) is 36.0 Å². The quantitative estimate of drug-likeness (QED) is 0.680. The van der Waals surface area contributed by atoms with Crippen LogP contribution in [0, 0.1) is 12.8 Å². The average Bonchev–Trinajstić information content (AvgIpc) is 2.32. The molecule has 2 atom stereocenters. The second-order valence-corrected chi connectivity index (χ2v) is 5.80. The molecule has 2 rings (SSSR count). The third kappa shape index (κ3) is 1.74. The Morgan fingerprint density at radius 1 is 1.32 bits per heavy atom. The first-order valence-corrected chi connectivity index (χ1v) is 6.52. The minimum Gasteiger partial charge on any atom is -0.504 e. The molecule has 1 aliphatic carbocycles. The molecule has 0 aromatic heterocycles. The number of carbonyl (C=O) groups excluding carboxylic acids is 1. The van der Waals surface area contributed by atoms with Crippen molar-refractivity contribution in [1.82, 2.24) is 0 Å². The average molecular weight is 264 g/mol. The molecule has 0 saturated heterocycles. The number of ketones is 1. The van der Waals surface area contributed by atoms with E-state index in [4.69, 9.17) is 0 Å². The van der Waals surface area contributed by atoms with Gasteiger partial charge in [0, 0.05) is 12.0 Å². The van der Waals surface area contributed by atoms with Gasteiger partial charge in [-0.1, -0.05) is 20.8 Å². The molecular weight excluding hydrogens is 244 g/mol. The van der Waals surface area contributed by atoms with Crippen molar-refractivity contribution in [3.05, 3.63) is 22.8 Å². The fourth-order valence-corrected chi connectivity index (χ4v) is 2.94. The van der Waals surface area contributed by atoms with Gasteiger partial charge in [0.2, 0.25) is 0 Å². The molecular formula is C15H20O4. The summed E-state index contributed by atoms with van der Waals surface area (Å²) in [7, 11) is 0. The normalized spacial score (nSPS) is 26.6. The first-order valence-electron chi connectivity index (χ1n) is 6.52. The molecule has 4 heteroatoms. The predicted molar refractivity (Wildman–Crippen MR) is 71.3 cm³/mol. The lowest BCUT2D eigenvalue weighted by Gasteiger charge is -2.39. The summed E-state index contributed by atoms with van der Waals surface area (Å²) in [4.78, 5) is 12.2. The van der Waals surface area contributed by atoms with Crippen molar-refractivity contribution in [2.75, 3.05) is 0 Å². The summed E-state index contributed by atoms with van der Waals surface area (Å²) < 4.78 is 0. The van der Waals surface area contributed by atoms with Crippen molar-refractivity contribution >= 4 is 5.78 Å². The lowest BCUT2D eigenvalue weighted by atomic mass is 9.68. The van der Waals surface area contributed by atoms with Crippen LogP contribution in [-0.4, -0.2) is 21.1 Å². The van der Waals surface area contributed by atoms with Gasteiger partial charge in [0.1, 0.15) is 0 Å². The summed E-state index contributed by atoms with van der Waals surface area (Å²) >= 11 is 0. The monoisotopic (exact) mass is 264 g/mol. The molecule has 104 valence electrons. The van der Waals surface area contributed by atoms with Gasteiger partial charge in [0.25, 0.3) is 0 Å². The highest BCUT2D eigenvalue weighted by atomic mass is 16.3. The Balaban J connectivity index is 2.82. The molecule has 1 aliphatic rings. The zero-order valence-electron chi connectivity index (χ0n) is 11.7. The van der Waals surface area contributed by atoms with E-state index in [0.717, 1.165) is 0 Å². The van der Waals surface area contributed by atoms with Gasteiger partial charge in [-0.15, -0.1) is 0 Å². The molecule has 0 aliphatic heterocycles. The largest absolute Gasteiger partial charge is 0.504 e. The maximum Gasteiger partial charge on any atom is 0.169 e. The van der Waals surface area contributed by atoms with E-state index >= 15 is 0 Å². The molecule has 1 aromatic rings. The number of hydrogen-bond acceptors (Lipinski definition) is 4. The van der Waals surface area contributed by atoms with E-state index in [1.807, 2.05) is 6.92 Å². The van der Waals surface area contributed by atoms with Crippen LogP contribution in [0.5, 0.6) is 11.5 Å². The van der Waals surface area contributed by atoms with Crippen molar-refractivity contribution in [2.24, 2.45) is 5.92 Å². The molecule has 0 radical (unpaired) electrons. The second-order valence-electron chi connectivity index (χ2n) is 5.80. The van der Waals surface area contributed by atoms with Gasteiger partial charge >= 0.3 is 0 Å². The number of Topliss-reactive ketones (excluding diaryl/α,β-unsaturated/α-hetero) is 1. The van der Waals surface area contributed by atoms with Crippen molar-refractivity contribution < 1.29 is 20.1 Å². The summed E-state index contributed by atoms with van der Waals surface area (Å²) in [6.07, 6.45) is 0.164. The first kappa shape index (κ1) is 13.9. The molecule has 0 heterocycles. The van der Waals surface area contributed by atoms with Crippen LogP contribution in [0.3, 0.4) is 0 Å². The van der Waals surface area contributed by atoms with Crippen LogP contribution in [0.15, 0.2) is 6.07 Å². The van der Waals surface area contributed by atoms with E-state index in [2.05, 4.69) is 0 Å². The molecule has 0 saturated carbocycles. The highest BCUT2D eigenvalue weighted by Crippen LogP contribution is 2.49. The van der Waals surface area contributed by atoms with E-state index in [1.165, 1.54) is 0 Å². The number of aliphatic hydroxyl groups is 1. The smallest absolute Gasteiger partial charge is 0.169 e. The maximum absolute atomic E-state index is 12.2. The van der Waals surface area contributed by atoms with Crippen molar-refractivity contribution in [2.45, 2.75) is 45.6 Å². The molecule has 1 aromatic carbocycles. The number of fused-ring (bicyclic) bond motifs is 1. The van der Waals surface area contributed by atoms with Gasteiger partial charge in [-0.2, -0.15) is 0 Å². The summed E-state index contributed by atoms with van der Waals surface area (Å²) in [5.41, 5.74) is -0.215. The van der Waals surface area contributed by atoms with Crippen LogP contribution in [0.4, 0.5) is 0 Å². The zero-order valence-corrected chi connectivity index (χ0v) is 11.7. The van der Waals surface area contributed by atoms with Crippen LogP contribution in [0.2, 0.25) is 0 Å². The molecule has 3 N–H and O–H groups in total. The van der Waals surface area contributed by atoms with Crippen molar-refractivity contribution in [3.63, 3.8) is 0 Å². The number of phenolic OH excluding ortho intramolecular Hbond substituents is 2. The minimum absolute atomic E-state index is 0.164. The zero-order chi connectivity index (χ0) is 14.5. The molecule has 19 heavy (non-hydrogen) atoms. The van der Waals surface area contributed by atoms with Crippen molar-refractivity contribution in [1.29, 1.82) is 0 Å². The standard InChI is InChI=1S/C15H20O4/c1-7(2)15(19)10-5-9(4)13(17)14(18)12(10)8(3)6-11(15)16/h5,7-8,17-19H,6H2,1-4H3. The Bertz CT molecular complexity index is 548. The van der Waals surface area contributed by atoms with Crippen LogP contribution in [0.1, 0.15) is 49.8 Å². The van der Waals surface area contributed by atoms with E-state index in [0.29, 0.717) is 16.7 Å². The second kappa shape index (κ2) is 4.23. The molecule has 2 unspecified atom stereocenters. The number of phenols is 2. The fraction of sp³-hybridized carbons (Fsp3) is 0.533. The maximum atomic E-state index is 12.2. The van der Waals surface area contributed by atoms with Gasteiger partial charge in [0.05, 0.1) is 0 Å². The molecule has 0 spiro atoms. The van der Waals surface area contributed by atoms with Gasteiger partial charge in [-0.25, -0.2) is 0 Å². The number of carbonyl (C=O) groups is 1. The van der Waals surface area contributed by atoms with Crippen LogP contribution in [0.25, 0.3) is 0 Å². The summed E-state index contributed by atoms with van der Waals surface area (Å²) in [6, 6.07) is 1.61. The number of rotatable bonds is 1. The highest BCUT2D eigenvalue weighted by molar-refractivity contribution is 5.92.